The maximum Gasteiger partial charge on any atom is 0.124 e. The fourth-order valence-electron chi connectivity index (χ4n) is 0.798. The number of hydrogen-bond donors (Lipinski definition) is 2. The van der Waals surface area contributed by atoms with Crippen LogP contribution in [0, 0.1) is 0 Å². The summed E-state index contributed by atoms with van der Waals surface area (Å²) in [6.45, 7) is 1.91. The fourth-order valence-corrected chi connectivity index (χ4v) is 1.79. The zero-order valence-corrected chi connectivity index (χ0v) is 8.90. The van der Waals surface area contributed by atoms with Gasteiger partial charge in [0.25, 0.3) is 0 Å². The van der Waals surface area contributed by atoms with E-state index in [1.807, 2.05) is 12.1 Å². The summed E-state index contributed by atoms with van der Waals surface area (Å²) in [4.78, 5) is 0.0493. The van der Waals surface area contributed by atoms with E-state index in [9.17, 15) is 5.11 Å². The normalized spacial score (nSPS) is 15.4. The molecule has 0 aliphatic rings. The molecule has 0 aromatic heterocycles. The molecule has 0 fully saturated rings. The third-order valence-electron chi connectivity index (χ3n) is 1.53. The number of halogens is 1. The predicted octanol–water partition coefficient (Wildman–Crippen LogP) is 2.10. The van der Waals surface area contributed by atoms with Gasteiger partial charge in [0.2, 0.25) is 0 Å². The smallest absolute Gasteiger partial charge is 0.124 e. The lowest BCUT2D eigenvalue weighted by Crippen LogP contribution is -2.29. The second-order valence-corrected chi connectivity index (χ2v) is 4.93. The molecule has 0 heterocycles. The lowest BCUT2D eigenvalue weighted by atomic mass is 10.4. The second-order valence-electron chi connectivity index (χ2n) is 2.94. The molecule has 4 heteroatoms. The van der Waals surface area contributed by atoms with Gasteiger partial charge in [0.05, 0.1) is 0 Å². The van der Waals surface area contributed by atoms with Crippen molar-refractivity contribution in [3.05, 3.63) is 29.3 Å². The van der Waals surface area contributed by atoms with Crippen LogP contribution in [0.5, 0.6) is 0 Å². The van der Waals surface area contributed by atoms with Crippen LogP contribution in [-0.4, -0.2) is 16.6 Å². The Morgan fingerprint density at radius 2 is 2.00 bits per heavy atom. The summed E-state index contributed by atoms with van der Waals surface area (Å²) in [5.74, 6) is 0. The first-order valence-corrected chi connectivity index (χ1v) is 5.10. The number of nitrogens with two attached hydrogens (primary N) is 1. The van der Waals surface area contributed by atoms with E-state index in [4.69, 9.17) is 17.3 Å². The van der Waals surface area contributed by atoms with Gasteiger partial charge < -0.3 is 10.8 Å². The van der Waals surface area contributed by atoms with Crippen LogP contribution in [0.4, 0.5) is 0 Å². The minimum atomic E-state index is -0.909. The molecule has 1 rings (SSSR count). The largest absolute Gasteiger partial charge is 0.378 e. The summed E-state index contributed by atoms with van der Waals surface area (Å²) in [6, 6.07) is 7.29. The Balaban J connectivity index is 2.69. The SMILES string of the molecule is CC(O)(CN)Sc1ccc(Cl)cc1. The molecule has 0 bridgehead atoms. The van der Waals surface area contributed by atoms with Crippen molar-refractivity contribution in [1.29, 1.82) is 0 Å². The van der Waals surface area contributed by atoms with Crippen LogP contribution < -0.4 is 5.73 Å². The van der Waals surface area contributed by atoms with Gasteiger partial charge in [-0.25, -0.2) is 0 Å². The van der Waals surface area contributed by atoms with Crippen molar-refractivity contribution in [2.75, 3.05) is 6.54 Å². The van der Waals surface area contributed by atoms with E-state index in [1.165, 1.54) is 11.8 Å². The molecule has 0 amide bonds. The highest BCUT2D eigenvalue weighted by Gasteiger charge is 2.19. The van der Waals surface area contributed by atoms with Gasteiger partial charge in [0.1, 0.15) is 4.93 Å². The molecule has 0 saturated carbocycles. The topological polar surface area (TPSA) is 46.2 Å². The zero-order chi connectivity index (χ0) is 9.90. The number of aliphatic hydroxyl groups is 1. The molecule has 3 N–H and O–H groups in total. The number of thioether (sulfide) groups is 1. The molecule has 0 aliphatic heterocycles. The van der Waals surface area contributed by atoms with E-state index in [2.05, 4.69) is 0 Å². The molecule has 1 atom stereocenters. The first-order chi connectivity index (χ1) is 6.03. The minimum Gasteiger partial charge on any atom is -0.378 e. The Labute approximate surface area is 87.1 Å². The van der Waals surface area contributed by atoms with Crippen molar-refractivity contribution in [2.24, 2.45) is 5.73 Å². The summed E-state index contributed by atoms with van der Waals surface area (Å²) in [6.07, 6.45) is 0. The molecule has 1 aromatic carbocycles. The van der Waals surface area contributed by atoms with Crippen LogP contribution in [0.3, 0.4) is 0 Å². The Bertz CT molecular complexity index is 273. The van der Waals surface area contributed by atoms with Crippen molar-refractivity contribution in [3.8, 4) is 0 Å². The number of benzene rings is 1. The third kappa shape index (κ3) is 3.56. The average Bonchev–Trinajstić information content (AvgIpc) is 2.09. The Kier molecular flexibility index (Phi) is 3.62. The van der Waals surface area contributed by atoms with Gasteiger partial charge in [0, 0.05) is 16.5 Å². The summed E-state index contributed by atoms with van der Waals surface area (Å²) in [5.41, 5.74) is 5.39. The van der Waals surface area contributed by atoms with E-state index in [1.54, 1.807) is 19.1 Å². The van der Waals surface area contributed by atoms with Crippen molar-refractivity contribution >= 4 is 23.4 Å². The van der Waals surface area contributed by atoms with E-state index in [0.717, 1.165) is 4.90 Å². The zero-order valence-electron chi connectivity index (χ0n) is 7.33. The summed E-state index contributed by atoms with van der Waals surface area (Å²) >= 11 is 7.05. The molecule has 0 saturated heterocycles. The van der Waals surface area contributed by atoms with Crippen LogP contribution in [0.15, 0.2) is 29.2 Å². The molecule has 2 nitrogen and oxygen atoms in total. The van der Waals surface area contributed by atoms with Crippen LogP contribution in [0.25, 0.3) is 0 Å². The molecule has 0 spiro atoms. The van der Waals surface area contributed by atoms with E-state index in [0.29, 0.717) is 5.02 Å². The monoisotopic (exact) mass is 217 g/mol. The maximum absolute atomic E-state index is 9.65. The Hall–Kier alpha value is -0.220. The average molecular weight is 218 g/mol. The van der Waals surface area contributed by atoms with Crippen LogP contribution in [-0.2, 0) is 0 Å². The van der Waals surface area contributed by atoms with Crippen LogP contribution in [0.2, 0.25) is 5.02 Å². The predicted molar refractivity (Wildman–Crippen MR) is 57.0 cm³/mol. The number of rotatable bonds is 3. The molecule has 13 heavy (non-hydrogen) atoms. The van der Waals surface area contributed by atoms with Crippen molar-refractivity contribution in [1.82, 2.24) is 0 Å². The van der Waals surface area contributed by atoms with Gasteiger partial charge in [0.15, 0.2) is 0 Å². The van der Waals surface area contributed by atoms with Gasteiger partial charge >= 0.3 is 0 Å². The first kappa shape index (κ1) is 10.9. The summed E-state index contributed by atoms with van der Waals surface area (Å²) in [5, 5.41) is 10.3. The summed E-state index contributed by atoms with van der Waals surface area (Å²) in [7, 11) is 0. The molecule has 1 aromatic rings. The maximum atomic E-state index is 9.65. The fraction of sp³-hybridized carbons (Fsp3) is 0.333. The lowest BCUT2D eigenvalue weighted by Gasteiger charge is -2.19. The van der Waals surface area contributed by atoms with Crippen LogP contribution in [0.1, 0.15) is 6.92 Å². The van der Waals surface area contributed by atoms with E-state index >= 15 is 0 Å². The molecular formula is C9H12ClNOS. The molecule has 0 radical (unpaired) electrons. The Morgan fingerprint density at radius 3 is 2.46 bits per heavy atom. The quantitative estimate of drug-likeness (QED) is 0.602. The highest BCUT2D eigenvalue weighted by Crippen LogP contribution is 2.30. The van der Waals surface area contributed by atoms with Gasteiger partial charge in [-0.05, 0) is 31.2 Å². The molecular weight excluding hydrogens is 206 g/mol. The van der Waals surface area contributed by atoms with Gasteiger partial charge in [-0.15, -0.1) is 0 Å². The van der Waals surface area contributed by atoms with Crippen molar-refractivity contribution < 1.29 is 5.11 Å². The molecule has 0 aliphatic carbocycles. The van der Waals surface area contributed by atoms with Crippen LogP contribution >= 0.6 is 23.4 Å². The first-order valence-electron chi connectivity index (χ1n) is 3.90. The highest BCUT2D eigenvalue weighted by atomic mass is 35.5. The van der Waals surface area contributed by atoms with Gasteiger partial charge in [-0.2, -0.15) is 0 Å². The van der Waals surface area contributed by atoms with Crippen molar-refractivity contribution in [3.63, 3.8) is 0 Å². The number of hydrogen-bond acceptors (Lipinski definition) is 3. The standard InChI is InChI=1S/C9H12ClNOS/c1-9(12,6-11)13-8-4-2-7(10)3-5-8/h2-5,12H,6,11H2,1H3. The highest BCUT2D eigenvalue weighted by molar-refractivity contribution is 8.00. The Morgan fingerprint density at radius 1 is 1.46 bits per heavy atom. The van der Waals surface area contributed by atoms with E-state index < -0.39 is 4.93 Å². The summed E-state index contributed by atoms with van der Waals surface area (Å²) < 4.78 is 0. The second kappa shape index (κ2) is 4.33. The minimum absolute atomic E-state index is 0.223. The molecule has 1 unspecified atom stereocenters. The molecule has 72 valence electrons. The third-order valence-corrected chi connectivity index (χ3v) is 2.90. The van der Waals surface area contributed by atoms with E-state index in [-0.39, 0.29) is 6.54 Å². The van der Waals surface area contributed by atoms with Crippen molar-refractivity contribution in [2.45, 2.75) is 16.8 Å². The lowest BCUT2D eigenvalue weighted by molar-refractivity contribution is 0.167. The van der Waals surface area contributed by atoms with Gasteiger partial charge in [-0.1, -0.05) is 23.4 Å². The van der Waals surface area contributed by atoms with Gasteiger partial charge in [-0.3, -0.25) is 0 Å².